The number of fused-ring (bicyclic) bond motifs is 1. The van der Waals surface area contributed by atoms with E-state index >= 15 is 0 Å². The predicted molar refractivity (Wildman–Crippen MR) is 110 cm³/mol. The highest BCUT2D eigenvalue weighted by atomic mass is 35.5. The minimum Gasteiger partial charge on any atom is -0.334 e. The second-order valence-corrected chi connectivity index (χ2v) is 7.65. The molecule has 0 radical (unpaired) electrons. The van der Waals surface area contributed by atoms with Gasteiger partial charge in [0.05, 0.1) is 0 Å². The number of hydrogen-bond donors (Lipinski definition) is 3. The van der Waals surface area contributed by atoms with Crippen molar-refractivity contribution < 1.29 is 19.2 Å². The molecule has 2 aromatic carbocycles. The van der Waals surface area contributed by atoms with Gasteiger partial charge in [-0.05, 0) is 41.8 Å². The van der Waals surface area contributed by atoms with Crippen molar-refractivity contribution in [1.82, 2.24) is 15.5 Å². The second-order valence-electron chi connectivity index (χ2n) is 7.21. The Kier molecular flexibility index (Phi) is 5.41. The lowest BCUT2D eigenvalue weighted by Crippen LogP contribution is -2.52. The fraction of sp³-hybridized carbons (Fsp3) is 0.238. The summed E-state index contributed by atoms with van der Waals surface area (Å²) in [5, 5.41) is 8.24. The maximum Gasteiger partial charge on any atom is 0.319 e. The Balaban J connectivity index is 1.39. The molecular weight excluding hydrogens is 408 g/mol. The average molecular weight is 427 g/mol. The lowest BCUT2D eigenvalue weighted by Gasteiger charge is -2.29. The van der Waals surface area contributed by atoms with Crippen LogP contribution in [0.1, 0.15) is 34.3 Å². The normalized spacial score (nSPS) is 18.1. The molecule has 2 aliphatic rings. The summed E-state index contributed by atoms with van der Waals surface area (Å²) >= 11 is 5.90. The average Bonchev–Trinajstić information content (AvgIpc) is 3.02. The van der Waals surface area contributed by atoms with Crippen molar-refractivity contribution in [2.24, 2.45) is 0 Å². The summed E-state index contributed by atoms with van der Waals surface area (Å²) in [6, 6.07) is 11.2. The molecule has 154 valence electrons. The van der Waals surface area contributed by atoms with Crippen LogP contribution in [0, 0.1) is 0 Å². The number of nitrogens with zero attached hydrogens (tertiary/aromatic N) is 1. The topological polar surface area (TPSA) is 108 Å². The molecule has 2 aromatic rings. The van der Waals surface area contributed by atoms with E-state index in [1.165, 1.54) is 4.90 Å². The van der Waals surface area contributed by atoms with Crippen LogP contribution >= 0.6 is 11.6 Å². The van der Waals surface area contributed by atoms with Gasteiger partial charge in [-0.25, -0.2) is 4.79 Å². The summed E-state index contributed by atoms with van der Waals surface area (Å²) in [6.07, 6.45) is 0.538. The van der Waals surface area contributed by atoms with E-state index < -0.39 is 18.0 Å². The van der Waals surface area contributed by atoms with Gasteiger partial charge in [-0.15, -0.1) is 0 Å². The number of benzene rings is 2. The van der Waals surface area contributed by atoms with Crippen LogP contribution < -0.4 is 16.0 Å². The highest BCUT2D eigenvalue weighted by Crippen LogP contribution is 2.28. The first-order valence-corrected chi connectivity index (χ1v) is 9.85. The quantitative estimate of drug-likeness (QED) is 0.652. The molecule has 0 saturated carbocycles. The molecule has 0 aliphatic carbocycles. The molecule has 1 unspecified atom stereocenters. The summed E-state index contributed by atoms with van der Waals surface area (Å²) in [7, 11) is 0. The minimum atomic E-state index is -0.646. The first-order valence-electron chi connectivity index (χ1n) is 9.47. The zero-order chi connectivity index (χ0) is 21.3. The van der Waals surface area contributed by atoms with Crippen molar-refractivity contribution in [2.75, 3.05) is 5.32 Å². The van der Waals surface area contributed by atoms with Gasteiger partial charge in [0.1, 0.15) is 6.04 Å². The largest absolute Gasteiger partial charge is 0.334 e. The Morgan fingerprint density at radius 1 is 1.17 bits per heavy atom. The number of piperidine rings is 1. The number of carbonyl (C=O) groups excluding carboxylic acids is 4. The van der Waals surface area contributed by atoms with Crippen LogP contribution in [0.15, 0.2) is 42.5 Å². The Morgan fingerprint density at radius 2 is 2.00 bits per heavy atom. The summed E-state index contributed by atoms with van der Waals surface area (Å²) in [4.78, 5) is 49.9. The number of nitrogens with one attached hydrogen (secondary N) is 3. The molecule has 30 heavy (non-hydrogen) atoms. The fourth-order valence-electron chi connectivity index (χ4n) is 3.64. The van der Waals surface area contributed by atoms with E-state index in [1.807, 2.05) is 12.1 Å². The molecule has 0 aromatic heterocycles. The first kappa shape index (κ1) is 19.9. The van der Waals surface area contributed by atoms with E-state index in [0.29, 0.717) is 29.2 Å². The highest BCUT2D eigenvalue weighted by molar-refractivity contribution is 6.30. The fourth-order valence-corrected chi connectivity index (χ4v) is 3.83. The van der Waals surface area contributed by atoms with Gasteiger partial charge in [-0.1, -0.05) is 29.8 Å². The van der Waals surface area contributed by atoms with Gasteiger partial charge in [0.15, 0.2) is 0 Å². The monoisotopic (exact) mass is 426 g/mol. The molecule has 0 spiro atoms. The Hall–Kier alpha value is -3.39. The Bertz CT molecular complexity index is 1060. The van der Waals surface area contributed by atoms with Crippen molar-refractivity contribution in [3.8, 4) is 0 Å². The van der Waals surface area contributed by atoms with Crippen LogP contribution in [0.5, 0.6) is 0 Å². The van der Waals surface area contributed by atoms with Crippen LogP contribution in [-0.2, 0) is 22.7 Å². The molecule has 0 bridgehead atoms. The molecule has 4 rings (SSSR count). The summed E-state index contributed by atoms with van der Waals surface area (Å²) in [5.74, 6) is -0.999. The number of amides is 5. The number of rotatable bonds is 4. The smallest absolute Gasteiger partial charge is 0.319 e. The van der Waals surface area contributed by atoms with Gasteiger partial charge in [-0.3, -0.25) is 19.7 Å². The van der Waals surface area contributed by atoms with Crippen LogP contribution in [0.3, 0.4) is 0 Å². The highest BCUT2D eigenvalue weighted by Gasteiger charge is 2.39. The summed E-state index contributed by atoms with van der Waals surface area (Å²) in [5.41, 5.74) is 2.66. The second kappa shape index (κ2) is 8.16. The van der Waals surface area contributed by atoms with Gasteiger partial charge >= 0.3 is 6.03 Å². The molecule has 1 saturated heterocycles. The lowest BCUT2D eigenvalue weighted by molar-refractivity contribution is -0.136. The number of anilines is 1. The van der Waals surface area contributed by atoms with Gasteiger partial charge in [-0.2, -0.15) is 0 Å². The van der Waals surface area contributed by atoms with E-state index in [2.05, 4.69) is 16.0 Å². The van der Waals surface area contributed by atoms with E-state index in [4.69, 9.17) is 11.6 Å². The predicted octanol–water partition coefficient (Wildman–Crippen LogP) is 2.42. The van der Waals surface area contributed by atoms with E-state index in [0.717, 1.165) is 11.1 Å². The van der Waals surface area contributed by atoms with Crippen molar-refractivity contribution in [2.45, 2.75) is 32.0 Å². The molecule has 8 nitrogen and oxygen atoms in total. The van der Waals surface area contributed by atoms with Crippen LogP contribution in [-0.4, -0.2) is 34.7 Å². The van der Waals surface area contributed by atoms with Crippen LogP contribution in [0.4, 0.5) is 10.5 Å². The molecular formula is C21H19ClN4O4. The van der Waals surface area contributed by atoms with Gasteiger partial charge < -0.3 is 15.5 Å². The van der Waals surface area contributed by atoms with Crippen LogP contribution in [0.2, 0.25) is 5.02 Å². The Morgan fingerprint density at radius 3 is 2.77 bits per heavy atom. The first-order chi connectivity index (χ1) is 14.4. The van der Waals surface area contributed by atoms with Crippen molar-refractivity contribution in [3.63, 3.8) is 0 Å². The number of hydrogen-bond acceptors (Lipinski definition) is 4. The van der Waals surface area contributed by atoms with Crippen molar-refractivity contribution >= 4 is 41.0 Å². The number of carbonyl (C=O) groups is 4. The molecule has 1 atom stereocenters. The molecule has 2 aliphatic heterocycles. The number of halogens is 1. The minimum absolute atomic E-state index is 0.216. The zero-order valence-corrected chi connectivity index (χ0v) is 16.7. The van der Waals surface area contributed by atoms with E-state index in [1.54, 1.807) is 30.3 Å². The molecule has 5 amide bonds. The van der Waals surface area contributed by atoms with Gasteiger partial charge in [0.2, 0.25) is 11.8 Å². The maximum atomic E-state index is 12.8. The zero-order valence-electron chi connectivity index (χ0n) is 15.9. The molecule has 3 N–H and O–H groups in total. The Labute approximate surface area is 177 Å². The summed E-state index contributed by atoms with van der Waals surface area (Å²) < 4.78 is 0. The SMILES string of the molecule is O=C1CCC(N2Cc3ccc(CNC(=O)Nc4cccc(Cl)c4)cc3C2=O)C(=O)N1. The maximum absolute atomic E-state index is 12.8. The van der Waals surface area contributed by atoms with Gasteiger partial charge in [0.25, 0.3) is 5.91 Å². The number of urea groups is 1. The molecule has 2 heterocycles. The standard InChI is InChI=1S/C21H19ClN4O4/c22-14-2-1-3-15(9-14)24-21(30)23-10-12-4-5-13-11-26(20(29)16(13)8-12)17-6-7-18(27)25-19(17)28/h1-5,8-9,17H,6-7,10-11H2,(H2,23,24,30)(H,25,27,28). The third-order valence-corrected chi connectivity index (χ3v) is 5.36. The third kappa shape index (κ3) is 4.13. The molecule has 1 fully saturated rings. The third-order valence-electron chi connectivity index (χ3n) is 5.13. The lowest BCUT2D eigenvalue weighted by atomic mass is 10.0. The van der Waals surface area contributed by atoms with Gasteiger partial charge in [0, 0.05) is 35.8 Å². The number of imide groups is 1. The van der Waals surface area contributed by atoms with Crippen LogP contribution in [0.25, 0.3) is 0 Å². The van der Waals surface area contributed by atoms with Crippen molar-refractivity contribution in [1.29, 1.82) is 0 Å². The molecule has 9 heteroatoms. The van der Waals surface area contributed by atoms with Crippen molar-refractivity contribution in [3.05, 3.63) is 64.2 Å². The van der Waals surface area contributed by atoms with E-state index in [9.17, 15) is 19.2 Å². The van der Waals surface area contributed by atoms with E-state index in [-0.39, 0.29) is 24.8 Å². The summed E-state index contributed by atoms with van der Waals surface area (Å²) in [6.45, 7) is 0.550.